The average molecular weight is 329 g/mol. The first kappa shape index (κ1) is 16.5. The molecular weight excluding hydrogens is 311 g/mol. The van der Waals surface area contributed by atoms with Crippen molar-refractivity contribution in [3.8, 4) is 5.75 Å². The molecule has 0 spiro atoms. The summed E-state index contributed by atoms with van der Waals surface area (Å²) in [5.74, 6) is -0.525. The number of carbonyl (C=O) groups is 2. The number of nitrogens with one attached hydrogen (secondary N) is 1. The van der Waals surface area contributed by atoms with Crippen LogP contribution in [0.4, 0.5) is 4.39 Å². The van der Waals surface area contributed by atoms with Crippen molar-refractivity contribution < 1.29 is 18.7 Å². The second kappa shape index (κ2) is 7.98. The molecule has 0 unspecified atom stereocenters. The van der Waals surface area contributed by atoms with E-state index in [1.54, 1.807) is 4.90 Å². The van der Waals surface area contributed by atoms with Crippen LogP contribution in [0.2, 0.25) is 5.02 Å². The van der Waals surface area contributed by atoms with Gasteiger partial charge in [-0.15, -0.1) is 0 Å². The number of ether oxygens (including phenoxy) is 1. The zero-order chi connectivity index (χ0) is 15.9. The van der Waals surface area contributed by atoms with Gasteiger partial charge in [0.15, 0.2) is 6.61 Å². The molecule has 1 saturated heterocycles. The number of rotatable bonds is 6. The third kappa shape index (κ3) is 4.87. The van der Waals surface area contributed by atoms with E-state index in [1.165, 1.54) is 12.1 Å². The van der Waals surface area contributed by atoms with Crippen LogP contribution < -0.4 is 10.1 Å². The van der Waals surface area contributed by atoms with Crippen LogP contribution in [0.5, 0.6) is 5.75 Å². The molecule has 120 valence electrons. The lowest BCUT2D eigenvalue weighted by atomic mass is 10.3. The SMILES string of the molecule is O=C(COc1ccc(F)cc1Cl)NCCC(=O)N1CCCC1. The molecule has 0 atom stereocenters. The van der Waals surface area contributed by atoms with E-state index in [2.05, 4.69) is 5.32 Å². The first-order valence-electron chi connectivity index (χ1n) is 7.18. The summed E-state index contributed by atoms with van der Waals surface area (Å²) >= 11 is 5.78. The van der Waals surface area contributed by atoms with Gasteiger partial charge in [0, 0.05) is 26.1 Å². The summed E-state index contributed by atoms with van der Waals surface area (Å²) in [6.45, 7) is 1.65. The Balaban J connectivity index is 1.66. The first-order chi connectivity index (χ1) is 10.6. The predicted octanol–water partition coefficient (Wildman–Crippen LogP) is 1.99. The largest absolute Gasteiger partial charge is 0.482 e. The molecule has 0 radical (unpaired) electrons. The number of carbonyl (C=O) groups excluding carboxylic acids is 2. The van der Waals surface area contributed by atoms with Gasteiger partial charge in [0.1, 0.15) is 11.6 Å². The van der Waals surface area contributed by atoms with Crippen molar-refractivity contribution in [1.29, 1.82) is 0 Å². The number of likely N-dealkylation sites (tertiary alicyclic amines) is 1. The topological polar surface area (TPSA) is 58.6 Å². The van der Waals surface area contributed by atoms with Crippen LogP contribution in [0.3, 0.4) is 0 Å². The van der Waals surface area contributed by atoms with Gasteiger partial charge in [-0.2, -0.15) is 0 Å². The molecule has 2 amide bonds. The standard InChI is InChI=1S/C15H18ClFN2O3/c16-12-9-11(17)3-4-13(12)22-10-14(20)18-6-5-15(21)19-7-1-2-8-19/h3-4,9H,1-2,5-8,10H2,(H,18,20). The number of hydrogen-bond donors (Lipinski definition) is 1. The van der Waals surface area contributed by atoms with E-state index in [9.17, 15) is 14.0 Å². The van der Waals surface area contributed by atoms with Gasteiger partial charge < -0.3 is 15.0 Å². The van der Waals surface area contributed by atoms with Gasteiger partial charge in [-0.1, -0.05) is 11.6 Å². The van der Waals surface area contributed by atoms with Crippen molar-refractivity contribution in [3.63, 3.8) is 0 Å². The summed E-state index contributed by atoms with van der Waals surface area (Å²) in [6, 6.07) is 3.68. The fraction of sp³-hybridized carbons (Fsp3) is 0.467. The molecular formula is C15H18ClFN2O3. The minimum Gasteiger partial charge on any atom is -0.482 e. The van der Waals surface area contributed by atoms with Crippen LogP contribution >= 0.6 is 11.6 Å². The van der Waals surface area contributed by atoms with Crippen molar-refractivity contribution in [2.45, 2.75) is 19.3 Å². The maximum atomic E-state index is 12.9. The molecule has 1 aliphatic heterocycles. The normalized spacial score (nSPS) is 14.0. The van der Waals surface area contributed by atoms with E-state index in [0.717, 1.165) is 32.0 Å². The fourth-order valence-electron chi connectivity index (χ4n) is 2.22. The van der Waals surface area contributed by atoms with Crippen LogP contribution in [0.15, 0.2) is 18.2 Å². The van der Waals surface area contributed by atoms with Gasteiger partial charge in [0.2, 0.25) is 5.91 Å². The third-order valence-electron chi connectivity index (χ3n) is 3.37. The highest BCUT2D eigenvalue weighted by molar-refractivity contribution is 6.32. The summed E-state index contributed by atoms with van der Waals surface area (Å²) in [5, 5.41) is 2.72. The van der Waals surface area contributed by atoms with Gasteiger partial charge in [-0.05, 0) is 31.0 Å². The van der Waals surface area contributed by atoms with Crippen molar-refractivity contribution in [2.24, 2.45) is 0 Å². The lowest BCUT2D eigenvalue weighted by molar-refractivity contribution is -0.130. The number of nitrogens with zero attached hydrogens (tertiary/aromatic N) is 1. The zero-order valence-corrected chi connectivity index (χ0v) is 12.9. The molecule has 2 rings (SSSR count). The van der Waals surface area contributed by atoms with Crippen LogP contribution in [0.1, 0.15) is 19.3 Å². The number of amides is 2. The van der Waals surface area contributed by atoms with Crippen LogP contribution in [-0.2, 0) is 9.59 Å². The van der Waals surface area contributed by atoms with E-state index in [4.69, 9.17) is 16.3 Å². The summed E-state index contributed by atoms with van der Waals surface area (Å²) in [6.07, 6.45) is 2.37. The van der Waals surface area contributed by atoms with E-state index in [0.29, 0.717) is 0 Å². The highest BCUT2D eigenvalue weighted by Crippen LogP contribution is 2.24. The monoisotopic (exact) mass is 328 g/mol. The Hall–Kier alpha value is -1.82. The van der Waals surface area contributed by atoms with E-state index < -0.39 is 5.82 Å². The molecule has 0 bridgehead atoms. The lowest BCUT2D eigenvalue weighted by Crippen LogP contribution is -2.34. The van der Waals surface area contributed by atoms with Crippen molar-refractivity contribution in [2.75, 3.05) is 26.2 Å². The predicted molar refractivity (Wildman–Crippen MR) is 80.3 cm³/mol. The smallest absolute Gasteiger partial charge is 0.257 e. The Bertz CT molecular complexity index is 548. The lowest BCUT2D eigenvalue weighted by Gasteiger charge is -2.15. The van der Waals surface area contributed by atoms with E-state index >= 15 is 0 Å². The summed E-state index contributed by atoms with van der Waals surface area (Å²) in [5.41, 5.74) is 0. The molecule has 5 nitrogen and oxygen atoms in total. The van der Waals surface area contributed by atoms with Crippen LogP contribution in [-0.4, -0.2) is 43.0 Å². The summed E-state index contributed by atoms with van der Waals surface area (Å²) in [7, 11) is 0. The van der Waals surface area contributed by atoms with Crippen LogP contribution in [0, 0.1) is 5.82 Å². The molecule has 1 aromatic carbocycles. The molecule has 1 fully saturated rings. The molecule has 0 aromatic heterocycles. The summed E-state index contributed by atoms with van der Waals surface area (Å²) in [4.78, 5) is 25.2. The average Bonchev–Trinajstić information content (AvgIpc) is 3.00. The maximum Gasteiger partial charge on any atom is 0.257 e. The van der Waals surface area contributed by atoms with E-state index in [-0.39, 0.29) is 42.2 Å². The summed E-state index contributed by atoms with van der Waals surface area (Å²) < 4.78 is 18.1. The Morgan fingerprint density at radius 2 is 2.05 bits per heavy atom. The maximum absolute atomic E-state index is 12.9. The van der Waals surface area contributed by atoms with Crippen molar-refractivity contribution in [3.05, 3.63) is 29.0 Å². The van der Waals surface area contributed by atoms with Gasteiger partial charge in [0.05, 0.1) is 5.02 Å². The molecule has 1 aliphatic rings. The zero-order valence-electron chi connectivity index (χ0n) is 12.1. The molecule has 1 heterocycles. The van der Waals surface area contributed by atoms with Crippen molar-refractivity contribution in [1.82, 2.24) is 10.2 Å². The van der Waals surface area contributed by atoms with E-state index in [1.807, 2.05) is 0 Å². The third-order valence-corrected chi connectivity index (χ3v) is 3.67. The molecule has 1 N–H and O–H groups in total. The Morgan fingerprint density at radius 3 is 2.73 bits per heavy atom. The van der Waals surface area contributed by atoms with Gasteiger partial charge >= 0.3 is 0 Å². The Labute approximate surface area is 133 Å². The molecule has 7 heteroatoms. The first-order valence-corrected chi connectivity index (χ1v) is 7.56. The Kier molecular flexibility index (Phi) is 6.00. The minimum absolute atomic E-state index is 0.0558. The van der Waals surface area contributed by atoms with Crippen LogP contribution in [0.25, 0.3) is 0 Å². The molecule has 1 aromatic rings. The Morgan fingerprint density at radius 1 is 1.32 bits per heavy atom. The highest BCUT2D eigenvalue weighted by Gasteiger charge is 2.17. The number of halogens is 2. The van der Waals surface area contributed by atoms with Gasteiger partial charge in [-0.3, -0.25) is 9.59 Å². The minimum atomic E-state index is -0.470. The molecule has 0 saturated carbocycles. The fourth-order valence-corrected chi connectivity index (χ4v) is 2.44. The second-order valence-electron chi connectivity index (χ2n) is 5.05. The molecule has 0 aliphatic carbocycles. The van der Waals surface area contributed by atoms with Crippen molar-refractivity contribution >= 4 is 23.4 Å². The van der Waals surface area contributed by atoms with Gasteiger partial charge in [0.25, 0.3) is 5.91 Å². The second-order valence-corrected chi connectivity index (χ2v) is 5.46. The number of hydrogen-bond acceptors (Lipinski definition) is 3. The molecule has 22 heavy (non-hydrogen) atoms. The quantitative estimate of drug-likeness (QED) is 0.868. The number of benzene rings is 1. The van der Waals surface area contributed by atoms with Gasteiger partial charge in [-0.25, -0.2) is 4.39 Å². The highest BCUT2D eigenvalue weighted by atomic mass is 35.5.